The van der Waals surface area contributed by atoms with E-state index >= 15 is 0 Å². The third-order valence-electron chi connectivity index (χ3n) is 2.92. The zero-order chi connectivity index (χ0) is 12.4. The molecule has 1 aliphatic rings. The molecule has 0 unspecified atom stereocenters. The molecular weight excluding hydrogens is 363 g/mol. The van der Waals surface area contributed by atoms with Gasteiger partial charge in [0.2, 0.25) is 0 Å². The zero-order valence-corrected chi connectivity index (χ0v) is 15.1. The summed E-state index contributed by atoms with van der Waals surface area (Å²) < 4.78 is 1.08. The maximum atomic E-state index is 4.13. The summed E-state index contributed by atoms with van der Waals surface area (Å²) in [4.78, 5) is 2.19. The molecule has 1 aromatic rings. The maximum Gasteiger partial charge on any atom is 0.0169 e. The van der Waals surface area contributed by atoms with Gasteiger partial charge in [-0.1, -0.05) is 58.9 Å². The summed E-state index contributed by atoms with van der Waals surface area (Å²) in [7, 11) is 0. The van der Waals surface area contributed by atoms with Crippen LogP contribution < -0.4 is 0 Å². The number of likely N-dealkylation sites (N-methyl/N-ethyl adjacent to an activating group) is 1. The molecule has 3 heteroatoms. The average Bonchev–Trinajstić information content (AvgIpc) is 2.33. The van der Waals surface area contributed by atoms with Gasteiger partial charge in [-0.2, -0.15) is 12.2 Å². The second-order valence-electron chi connectivity index (χ2n) is 3.99. The predicted molar refractivity (Wildman–Crippen MR) is 76.1 cm³/mol. The molecule has 0 aromatic heterocycles. The van der Waals surface area contributed by atoms with Crippen LogP contribution in [0.2, 0.25) is 0 Å². The van der Waals surface area contributed by atoms with Crippen LogP contribution in [0.5, 0.6) is 0 Å². The number of hydrogen-bond acceptors (Lipinski definition) is 1. The van der Waals surface area contributed by atoms with Gasteiger partial charge in [0, 0.05) is 39.3 Å². The van der Waals surface area contributed by atoms with Gasteiger partial charge in [0.15, 0.2) is 0 Å². The SMILES string of the molecule is C=C1C(C)=C[C-]=C(c2ccccc2Br)N1CC.[Y]. The number of hydrogen-bond donors (Lipinski definition) is 0. The smallest absolute Gasteiger partial charge is 0.0169 e. The number of halogens is 1. The fraction of sp³-hybridized carbons (Fsp3) is 0.200. The van der Waals surface area contributed by atoms with E-state index < -0.39 is 0 Å². The molecule has 91 valence electrons. The van der Waals surface area contributed by atoms with Crippen molar-refractivity contribution >= 4 is 21.6 Å². The molecule has 0 amide bonds. The van der Waals surface area contributed by atoms with Gasteiger partial charge in [0.25, 0.3) is 0 Å². The van der Waals surface area contributed by atoms with Gasteiger partial charge in [-0.15, -0.1) is 11.6 Å². The van der Waals surface area contributed by atoms with E-state index in [0.29, 0.717) is 0 Å². The van der Waals surface area contributed by atoms with Crippen LogP contribution in [0.15, 0.2) is 52.7 Å². The predicted octanol–water partition coefficient (Wildman–Crippen LogP) is 4.39. The number of allylic oxidation sites excluding steroid dienone is 3. The van der Waals surface area contributed by atoms with E-state index in [0.717, 1.165) is 28.0 Å². The van der Waals surface area contributed by atoms with E-state index in [9.17, 15) is 0 Å². The Labute approximate surface area is 143 Å². The molecular formula is C15H15BrNY-. The second kappa shape index (κ2) is 6.84. The molecule has 0 saturated heterocycles. The van der Waals surface area contributed by atoms with Crippen LogP contribution in [-0.4, -0.2) is 11.4 Å². The molecule has 1 aliphatic heterocycles. The minimum atomic E-state index is 0. The minimum absolute atomic E-state index is 0. The Hall–Kier alpha value is -0.176. The molecule has 1 nitrogen and oxygen atoms in total. The maximum absolute atomic E-state index is 4.13. The first-order valence-corrected chi connectivity index (χ1v) is 6.46. The van der Waals surface area contributed by atoms with E-state index in [2.05, 4.69) is 53.4 Å². The Balaban J connectivity index is 0.00000162. The van der Waals surface area contributed by atoms with Crippen molar-refractivity contribution in [3.05, 3.63) is 64.3 Å². The van der Waals surface area contributed by atoms with Crippen molar-refractivity contribution in [2.75, 3.05) is 6.54 Å². The first kappa shape index (κ1) is 15.9. The molecule has 18 heavy (non-hydrogen) atoms. The van der Waals surface area contributed by atoms with Gasteiger partial charge < -0.3 is 4.90 Å². The van der Waals surface area contributed by atoms with Crippen molar-refractivity contribution in [2.24, 2.45) is 0 Å². The Morgan fingerprint density at radius 1 is 1.33 bits per heavy atom. The Morgan fingerprint density at radius 2 is 2.00 bits per heavy atom. The van der Waals surface area contributed by atoms with Gasteiger partial charge in [-0.05, 0) is 17.1 Å². The normalized spacial score (nSPS) is 14.8. The Morgan fingerprint density at radius 3 is 2.61 bits per heavy atom. The van der Waals surface area contributed by atoms with Crippen LogP contribution in [0.25, 0.3) is 5.70 Å². The molecule has 1 heterocycles. The van der Waals surface area contributed by atoms with Gasteiger partial charge in [-0.3, -0.25) is 0 Å². The molecule has 2 rings (SSSR count). The molecule has 1 aromatic carbocycles. The molecule has 1 radical (unpaired) electrons. The van der Waals surface area contributed by atoms with Crippen molar-refractivity contribution < 1.29 is 32.7 Å². The molecule has 0 fully saturated rings. The van der Waals surface area contributed by atoms with E-state index in [-0.39, 0.29) is 32.7 Å². The van der Waals surface area contributed by atoms with Crippen molar-refractivity contribution in [3.8, 4) is 0 Å². The molecule has 0 bridgehead atoms. The summed E-state index contributed by atoms with van der Waals surface area (Å²) in [5.41, 5.74) is 4.45. The van der Waals surface area contributed by atoms with E-state index in [1.54, 1.807) is 0 Å². The van der Waals surface area contributed by atoms with Gasteiger partial charge >= 0.3 is 0 Å². The van der Waals surface area contributed by atoms with Crippen LogP contribution in [0.3, 0.4) is 0 Å². The first-order chi connectivity index (χ1) is 8.15. The summed E-state index contributed by atoms with van der Waals surface area (Å²) in [6.45, 7) is 9.22. The minimum Gasteiger partial charge on any atom is -0.376 e. The van der Waals surface area contributed by atoms with Crippen LogP contribution in [0, 0.1) is 6.08 Å². The van der Waals surface area contributed by atoms with Gasteiger partial charge in [0.05, 0.1) is 0 Å². The van der Waals surface area contributed by atoms with Crippen molar-refractivity contribution in [3.63, 3.8) is 0 Å². The fourth-order valence-electron chi connectivity index (χ4n) is 1.91. The fourth-order valence-corrected chi connectivity index (χ4v) is 2.38. The van der Waals surface area contributed by atoms with Crippen LogP contribution in [-0.2, 0) is 32.7 Å². The summed E-state index contributed by atoms with van der Waals surface area (Å²) in [5, 5.41) is 0. The third kappa shape index (κ3) is 3.04. The molecule has 0 N–H and O–H groups in total. The van der Waals surface area contributed by atoms with Crippen LogP contribution >= 0.6 is 15.9 Å². The third-order valence-corrected chi connectivity index (χ3v) is 3.61. The number of benzene rings is 1. The van der Waals surface area contributed by atoms with Crippen molar-refractivity contribution in [1.82, 2.24) is 4.90 Å². The molecule has 0 atom stereocenters. The summed E-state index contributed by atoms with van der Waals surface area (Å²) in [6, 6.07) is 8.20. The quantitative estimate of drug-likeness (QED) is 0.691. The monoisotopic (exact) mass is 377 g/mol. The van der Waals surface area contributed by atoms with E-state index in [1.807, 2.05) is 24.3 Å². The van der Waals surface area contributed by atoms with E-state index in [1.165, 1.54) is 5.57 Å². The molecule has 0 spiro atoms. The first-order valence-electron chi connectivity index (χ1n) is 5.67. The average molecular weight is 378 g/mol. The van der Waals surface area contributed by atoms with Crippen molar-refractivity contribution in [1.29, 1.82) is 0 Å². The van der Waals surface area contributed by atoms with Crippen LogP contribution in [0.1, 0.15) is 19.4 Å². The van der Waals surface area contributed by atoms with Crippen molar-refractivity contribution in [2.45, 2.75) is 13.8 Å². The second-order valence-corrected chi connectivity index (χ2v) is 4.85. The summed E-state index contributed by atoms with van der Waals surface area (Å²) >= 11 is 3.59. The van der Waals surface area contributed by atoms with Crippen LogP contribution in [0.4, 0.5) is 0 Å². The van der Waals surface area contributed by atoms with Gasteiger partial charge in [-0.25, -0.2) is 0 Å². The van der Waals surface area contributed by atoms with E-state index in [4.69, 9.17) is 0 Å². The standard InChI is InChI=1S/C15H15BrN.Y/c1-4-17-12(3)11(2)9-10-15(17)13-7-5-6-8-14(13)16;/h5-9H,3-4H2,1-2H3;/q-1;. The zero-order valence-electron chi connectivity index (χ0n) is 10.7. The molecule has 0 saturated carbocycles. The summed E-state index contributed by atoms with van der Waals surface area (Å²) in [5.74, 6) is 0. The topological polar surface area (TPSA) is 3.24 Å². The number of rotatable bonds is 2. The Bertz CT molecular complexity index is 517. The summed E-state index contributed by atoms with van der Waals surface area (Å²) in [6.07, 6.45) is 5.35. The largest absolute Gasteiger partial charge is 0.376 e. The van der Waals surface area contributed by atoms with Gasteiger partial charge in [0.1, 0.15) is 0 Å². The number of nitrogens with zero attached hydrogens (tertiary/aromatic N) is 1. The Kier molecular flexibility index (Phi) is 6.03. The molecule has 0 aliphatic carbocycles.